The molecule has 0 aliphatic carbocycles. The van der Waals surface area contributed by atoms with E-state index in [0.717, 1.165) is 26.1 Å². The zero-order chi connectivity index (χ0) is 14.6. The Morgan fingerprint density at radius 3 is 2.70 bits per heavy atom. The van der Waals surface area contributed by atoms with E-state index in [4.69, 9.17) is 4.74 Å². The Balaban J connectivity index is 2.08. The first-order chi connectivity index (χ1) is 9.54. The molecule has 0 radical (unpaired) electrons. The first-order valence-corrected chi connectivity index (χ1v) is 7.58. The van der Waals surface area contributed by atoms with E-state index in [9.17, 15) is 0 Å². The van der Waals surface area contributed by atoms with Crippen molar-refractivity contribution in [2.45, 2.75) is 44.8 Å². The highest BCUT2D eigenvalue weighted by atomic mass is 16.5. The molecule has 1 heterocycles. The summed E-state index contributed by atoms with van der Waals surface area (Å²) in [4.78, 5) is 2.63. The predicted molar refractivity (Wildman–Crippen MR) is 83.9 cm³/mol. The number of rotatable bonds is 5. The van der Waals surface area contributed by atoms with Crippen LogP contribution in [0.4, 0.5) is 0 Å². The summed E-state index contributed by atoms with van der Waals surface area (Å²) in [6, 6.07) is 11.7. The minimum Gasteiger partial charge on any atom is -0.385 e. The van der Waals surface area contributed by atoms with Crippen LogP contribution < -0.4 is 5.32 Å². The van der Waals surface area contributed by atoms with E-state index < -0.39 is 0 Å². The molecule has 0 spiro atoms. The van der Waals surface area contributed by atoms with Crippen molar-refractivity contribution in [2.24, 2.45) is 0 Å². The Morgan fingerprint density at radius 2 is 2.05 bits per heavy atom. The molecule has 20 heavy (non-hydrogen) atoms. The molecule has 0 aromatic heterocycles. The highest BCUT2D eigenvalue weighted by molar-refractivity contribution is 5.20. The van der Waals surface area contributed by atoms with Gasteiger partial charge in [-0.25, -0.2) is 0 Å². The van der Waals surface area contributed by atoms with Gasteiger partial charge >= 0.3 is 0 Å². The molecular formula is C17H28N2O. The lowest BCUT2D eigenvalue weighted by Crippen LogP contribution is -2.61. The number of nitrogens with zero attached hydrogens (tertiary/aromatic N) is 1. The van der Waals surface area contributed by atoms with Crippen molar-refractivity contribution in [1.29, 1.82) is 0 Å². The van der Waals surface area contributed by atoms with E-state index >= 15 is 0 Å². The smallest absolute Gasteiger partial charge is 0.0477 e. The molecule has 3 heteroatoms. The maximum atomic E-state index is 5.24. The quantitative estimate of drug-likeness (QED) is 0.895. The second kappa shape index (κ2) is 6.70. The van der Waals surface area contributed by atoms with Gasteiger partial charge in [-0.15, -0.1) is 0 Å². The summed E-state index contributed by atoms with van der Waals surface area (Å²) in [6.07, 6.45) is 1.08. The molecular weight excluding hydrogens is 248 g/mol. The van der Waals surface area contributed by atoms with Gasteiger partial charge in [0.2, 0.25) is 0 Å². The number of hydrogen-bond donors (Lipinski definition) is 1. The van der Waals surface area contributed by atoms with Crippen molar-refractivity contribution >= 4 is 0 Å². The van der Waals surface area contributed by atoms with Crippen LogP contribution in [0.2, 0.25) is 0 Å². The molecule has 112 valence electrons. The zero-order valence-corrected chi connectivity index (χ0v) is 13.2. The molecule has 2 unspecified atom stereocenters. The number of benzene rings is 1. The van der Waals surface area contributed by atoms with Gasteiger partial charge in [0, 0.05) is 44.4 Å². The van der Waals surface area contributed by atoms with Gasteiger partial charge in [-0.05, 0) is 32.8 Å². The fraction of sp³-hybridized carbons (Fsp3) is 0.647. The Bertz CT molecular complexity index is 405. The average Bonchev–Trinajstić information content (AvgIpc) is 2.45. The van der Waals surface area contributed by atoms with E-state index in [1.165, 1.54) is 5.56 Å². The van der Waals surface area contributed by atoms with E-state index in [-0.39, 0.29) is 5.54 Å². The molecule has 1 aliphatic rings. The Kier molecular flexibility index (Phi) is 5.19. The summed E-state index contributed by atoms with van der Waals surface area (Å²) in [5.74, 6) is 0. The topological polar surface area (TPSA) is 24.5 Å². The van der Waals surface area contributed by atoms with Crippen molar-refractivity contribution in [3.05, 3.63) is 35.9 Å². The fourth-order valence-corrected chi connectivity index (χ4v) is 3.11. The molecule has 1 N–H and O–H groups in total. The summed E-state index contributed by atoms with van der Waals surface area (Å²) in [5, 5.41) is 3.69. The van der Waals surface area contributed by atoms with Crippen LogP contribution in [0.1, 0.15) is 38.8 Å². The molecule has 1 saturated heterocycles. The largest absolute Gasteiger partial charge is 0.385 e. The average molecular weight is 276 g/mol. The van der Waals surface area contributed by atoms with Crippen LogP contribution >= 0.6 is 0 Å². The minimum atomic E-state index is 0.193. The summed E-state index contributed by atoms with van der Waals surface area (Å²) >= 11 is 0. The first kappa shape index (κ1) is 15.5. The van der Waals surface area contributed by atoms with Gasteiger partial charge in [0.05, 0.1) is 0 Å². The molecule has 2 atom stereocenters. The summed E-state index contributed by atoms with van der Waals surface area (Å²) in [7, 11) is 1.78. The normalized spacial score (nSPS) is 24.5. The van der Waals surface area contributed by atoms with E-state index in [1.807, 2.05) is 0 Å². The van der Waals surface area contributed by atoms with E-state index in [0.29, 0.717) is 12.1 Å². The molecule has 0 amide bonds. The SMILES string of the molecule is COCCC(C)N1CC(c2ccccc2)NCC1(C)C. The number of methoxy groups -OCH3 is 1. The lowest BCUT2D eigenvalue weighted by molar-refractivity contribution is 0.0187. The number of nitrogens with one attached hydrogen (secondary N) is 1. The van der Waals surface area contributed by atoms with E-state index in [1.54, 1.807) is 7.11 Å². The predicted octanol–water partition coefficient (Wildman–Crippen LogP) is 2.84. The minimum absolute atomic E-state index is 0.193. The Labute approximate surface area is 123 Å². The molecule has 2 rings (SSSR count). The summed E-state index contributed by atoms with van der Waals surface area (Å²) in [5.41, 5.74) is 1.57. The van der Waals surface area contributed by atoms with Gasteiger partial charge in [-0.2, -0.15) is 0 Å². The van der Waals surface area contributed by atoms with Gasteiger partial charge in [0.15, 0.2) is 0 Å². The number of ether oxygens (including phenoxy) is 1. The fourth-order valence-electron chi connectivity index (χ4n) is 3.11. The lowest BCUT2D eigenvalue weighted by Gasteiger charge is -2.49. The third-order valence-corrected chi connectivity index (χ3v) is 4.41. The highest BCUT2D eigenvalue weighted by Gasteiger charge is 2.36. The third-order valence-electron chi connectivity index (χ3n) is 4.41. The zero-order valence-electron chi connectivity index (χ0n) is 13.2. The van der Waals surface area contributed by atoms with Crippen molar-refractivity contribution in [3.8, 4) is 0 Å². The van der Waals surface area contributed by atoms with Crippen molar-refractivity contribution in [2.75, 3.05) is 26.8 Å². The summed E-state index contributed by atoms with van der Waals surface area (Å²) < 4.78 is 5.24. The number of hydrogen-bond acceptors (Lipinski definition) is 3. The lowest BCUT2D eigenvalue weighted by atomic mass is 9.92. The van der Waals surface area contributed by atoms with Crippen molar-refractivity contribution < 1.29 is 4.74 Å². The molecule has 1 aromatic carbocycles. The molecule has 1 aliphatic heterocycles. The molecule has 1 aromatic rings. The van der Waals surface area contributed by atoms with Crippen LogP contribution in [-0.4, -0.2) is 43.3 Å². The van der Waals surface area contributed by atoms with Crippen LogP contribution in [0.5, 0.6) is 0 Å². The van der Waals surface area contributed by atoms with Gasteiger partial charge in [0.1, 0.15) is 0 Å². The van der Waals surface area contributed by atoms with Crippen LogP contribution in [0.25, 0.3) is 0 Å². The van der Waals surface area contributed by atoms with Gasteiger partial charge in [-0.1, -0.05) is 30.3 Å². The molecule has 3 nitrogen and oxygen atoms in total. The van der Waals surface area contributed by atoms with Gasteiger partial charge in [0.25, 0.3) is 0 Å². The van der Waals surface area contributed by atoms with Crippen LogP contribution in [0, 0.1) is 0 Å². The maximum Gasteiger partial charge on any atom is 0.0477 e. The maximum absolute atomic E-state index is 5.24. The molecule has 1 fully saturated rings. The monoisotopic (exact) mass is 276 g/mol. The Hall–Kier alpha value is -0.900. The standard InChI is InChI=1S/C17H28N2O/c1-14(10-11-20-4)19-12-16(18-13-17(19,2)3)15-8-6-5-7-9-15/h5-9,14,16,18H,10-13H2,1-4H3. The summed E-state index contributed by atoms with van der Waals surface area (Å²) in [6.45, 7) is 9.87. The van der Waals surface area contributed by atoms with Crippen LogP contribution in [0.15, 0.2) is 30.3 Å². The van der Waals surface area contributed by atoms with Gasteiger partial charge in [-0.3, -0.25) is 4.90 Å². The second-order valence-electron chi connectivity index (χ2n) is 6.44. The first-order valence-electron chi connectivity index (χ1n) is 7.58. The van der Waals surface area contributed by atoms with Crippen LogP contribution in [0.3, 0.4) is 0 Å². The Morgan fingerprint density at radius 1 is 1.35 bits per heavy atom. The highest BCUT2D eigenvalue weighted by Crippen LogP contribution is 2.28. The number of piperazine rings is 1. The van der Waals surface area contributed by atoms with Gasteiger partial charge < -0.3 is 10.1 Å². The molecule has 0 saturated carbocycles. The molecule has 0 bridgehead atoms. The second-order valence-corrected chi connectivity index (χ2v) is 6.44. The van der Waals surface area contributed by atoms with E-state index in [2.05, 4.69) is 61.3 Å². The van der Waals surface area contributed by atoms with Crippen molar-refractivity contribution in [1.82, 2.24) is 10.2 Å². The van der Waals surface area contributed by atoms with Crippen molar-refractivity contribution in [3.63, 3.8) is 0 Å². The third kappa shape index (κ3) is 3.60. The van der Waals surface area contributed by atoms with Crippen LogP contribution in [-0.2, 0) is 4.74 Å².